The van der Waals surface area contributed by atoms with E-state index in [4.69, 9.17) is 5.73 Å². The highest BCUT2D eigenvalue weighted by molar-refractivity contribution is 5.94. The molecule has 9 heteroatoms. The van der Waals surface area contributed by atoms with E-state index in [1.807, 2.05) is 0 Å². The van der Waals surface area contributed by atoms with Crippen LogP contribution in [0.3, 0.4) is 0 Å². The summed E-state index contributed by atoms with van der Waals surface area (Å²) in [6.07, 6.45) is -2.77. The van der Waals surface area contributed by atoms with Crippen molar-refractivity contribution in [2.75, 3.05) is 12.4 Å². The SMILES string of the molecule is CNc1ccc(-n2ncc(C(N)=O)c2C(F)(F)F)cn1. The predicted octanol–water partition coefficient (Wildman–Crippen LogP) is 1.43. The lowest BCUT2D eigenvalue weighted by Gasteiger charge is -2.11. The third-order valence-electron chi connectivity index (χ3n) is 2.55. The first kappa shape index (κ1) is 13.8. The van der Waals surface area contributed by atoms with Gasteiger partial charge in [-0.2, -0.15) is 18.3 Å². The maximum atomic E-state index is 13.0. The molecular weight excluding hydrogens is 275 g/mol. The molecule has 6 nitrogen and oxygen atoms in total. The Hall–Kier alpha value is -2.58. The number of nitrogens with one attached hydrogen (secondary N) is 1. The fraction of sp³-hybridized carbons (Fsp3) is 0.182. The zero-order valence-electron chi connectivity index (χ0n) is 10.3. The molecule has 1 amide bonds. The average molecular weight is 285 g/mol. The van der Waals surface area contributed by atoms with E-state index >= 15 is 0 Å². The molecule has 0 atom stereocenters. The van der Waals surface area contributed by atoms with Crippen LogP contribution in [-0.2, 0) is 6.18 Å². The van der Waals surface area contributed by atoms with E-state index in [0.717, 1.165) is 6.20 Å². The Morgan fingerprint density at radius 3 is 2.50 bits per heavy atom. The van der Waals surface area contributed by atoms with Crippen molar-refractivity contribution in [1.29, 1.82) is 0 Å². The molecule has 2 aromatic heterocycles. The van der Waals surface area contributed by atoms with Crippen molar-refractivity contribution in [1.82, 2.24) is 14.8 Å². The number of anilines is 1. The second-order valence-electron chi connectivity index (χ2n) is 3.83. The molecule has 0 aromatic carbocycles. The molecule has 0 fully saturated rings. The van der Waals surface area contributed by atoms with Crippen LogP contribution < -0.4 is 11.1 Å². The number of nitrogens with zero attached hydrogens (tertiary/aromatic N) is 3. The van der Waals surface area contributed by atoms with Gasteiger partial charge in [0.1, 0.15) is 5.82 Å². The lowest BCUT2D eigenvalue weighted by atomic mass is 10.2. The van der Waals surface area contributed by atoms with E-state index in [2.05, 4.69) is 15.4 Å². The number of carbonyl (C=O) groups is 1. The average Bonchev–Trinajstić information content (AvgIpc) is 2.83. The standard InChI is InChI=1S/C11H10F3N5O/c1-16-8-3-2-6(4-17-8)19-9(11(12,13)14)7(5-18-19)10(15)20/h2-5H,1H3,(H2,15,20)(H,16,17). The Morgan fingerprint density at radius 1 is 1.35 bits per heavy atom. The van der Waals surface area contributed by atoms with Crippen molar-refractivity contribution in [3.63, 3.8) is 0 Å². The second kappa shape index (κ2) is 4.83. The fourth-order valence-corrected chi connectivity index (χ4v) is 1.66. The van der Waals surface area contributed by atoms with Crippen LogP contribution in [-0.4, -0.2) is 27.7 Å². The summed E-state index contributed by atoms with van der Waals surface area (Å²) < 4.78 is 39.7. The third kappa shape index (κ3) is 2.42. The van der Waals surface area contributed by atoms with Crippen LogP contribution in [0, 0.1) is 0 Å². The molecule has 0 unspecified atom stereocenters. The van der Waals surface area contributed by atoms with Gasteiger partial charge < -0.3 is 11.1 Å². The van der Waals surface area contributed by atoms with E-state index in [1.165, 1.54) is 18.3 Å². The Bertz CT molecular complexity index is 632. The third-order valence-corrected chi connectivity index (χ3v) is 2.55. The van der Waals surface area contributed by atoms with Gasteiger partial charge in [-0.1, -0.05) is 0 Å². The van der Waals surface area contributed by atoms with E-state index in [1.54, 1.807) is 7.05 Å². The Morgan fingerprint density at radius 2 is 2.05 bits per heavy atom. The van der Waals surface area contributed by atoms with Gasteiger partial charge in [0.15, 0.2) is 5.69 Å². The predicted molar refractivity (Wildman–Crippen MR) is 64.4 cm³/mol. The number of pyridine rings is 1. The zero-order valence-corrected chi connectivity index (χ0v) is 10.3. The van der Waals surface area contributed by atoms with Gasteiger partial charge in [-0.3, -0.25) is 4.79 Å². The summed E-state index contributed by atoms with van der Waals surface area (Å²) in [5.74, 6) is -0.701. The normalized spacial score (nSPS) is 11.4. The van der Waals surface area contributed by atoms with Crippen LogP contribution in [0.4, 0.5) is 19.0 Å². The van der Waals surface area contributed by atoms with E-state index < -0.39 is 23.3 Å². The first-order valence-electron chi connectivity index (χ1n) is 5.43. The molecule has 2 rings (SSSR count). The zero-order chi connectivity index (χ0) is 14.9. The van der Waals surface area contributed by atoms with Crippen LogP contribution in [0.15, 0.2) is 24.5 Å². The number of hydrogen-bond acceptors (Lipinski definition) is 4. The minimum absolute atomic E-state index is 0.0730. The molecule has 0 bridgehead atoms. The molecule has 0 radical (unpaired) electrons. The van der Waals surface area contributed by atoms with Crippen LogP contribution in [0.5, 0.6) is 0 Å². The first-order valence-corrected chi connectivity index (χ1v) is 5.43. The van der Waals surface area contributed by atoms with E-state index in [9.17, 15) is 18.0 Å². The highest BCUT2D eigenvalue weighted by Crippen LogP contribution is 2.33. The summed E-state index contributed by atoms with van der Waals surface area (Å²) in [7, 11) is 1.63. The number of carbonyl (C=O) groups excluding carboxylic acids is 1. The lowest BCUT2D eigenvalue weighted by Crippen LogP contribution is -2.20. The van der Waals surface area contributed by atoms with Crippen molar-refractivity contribution in [2.24, 2.45) is 5.73 Å². The smallest absolute Gasteiger partial charge is 0.373 e. The molecule has 0 aliphatic carbocycles. The number of hydrogen-bond donors (Lipinski definition) is 2. The number of aromatic nitrogens is 3. The van der Waals surface area contributed by atoms with Gasteiger partial charge in [0.2, 0.25) is 0 Å². The first-order chi connectivity index (χ1) is 9.34. The monoisotopic (exact) mass is 285 g/mol. The number of amides is 1. The molecule has 2 heterocycles. The molecule has 0 spiro atoms. The summed E-state index contributed by atoms with van der Waals surface area (Å²) in [6, 6.07) is 2.88. The quantitative estimate of drug-likeness (QED) is 0.893. The number of rotatable bonds is 3. The molecule has 2 aromatic rings. The Balaban J connectivity index is 2.59. The van der Waals surface area contributed by atoms with Gasteiger partial charge in [0, 0.05) is 7.05 Å². The van der Waals surface area contributed by atoms with Gasteiger partial charge >= 0.3 is 6.18 Å². The van der Waals surface area contributed by atoms with Crippen molar-refractivity contribution in [3.05, 3.63) is 35.8 Å². The van der Waals surface area contributed by atoms with E-state index in [-0.39, 0.29) is 5.69 Å². The molecule has 0 aliphatic heterocycles. The fourth-order valence-electron chi connectivity index (χ4n) is 1.66. The number of primary amides is 1. The molecule has 0 saturated carbocycles. The highest BCUT2D eigenvalue weighted by atomic mass is 19.4. The summed E-state index contributed by atoms with van der Waals surface area (Å²) in [5, 5.41) is 6.30. The lowest BCUT2D eigenvalue weighted by molar-refractivity contribution is -0.143. The molecular formula is C11H10F3N5O. The second-order valence-corrected chi connectivity index (χ2v) is 3.83. The number of alkyl halides is 3. The van der Waals surface area contributed by atoms with Gasteiger partial charge in [-0.15, -0.1) is 0 Å². The largest absolute Gasteiger partial charge is 0.434 e. The molecule has 0 aliphatic rings. The minimum Gasteiger partial charge on any atom is -0.373 e. The van der Waals surface area contributed by atoms with Crippen LogP contribution in [0.1, 0.15) is 16.1 Å². The van der Waals surface area contributed by atoms with Gasteiger partial charge in [0.05, 0.1) is 23.6 Å². The summed E-state index contributed by atoms with van der Waals surface area (Å²) in [6.45, 7) is 0. The van der Waals surface area contributed by atoms with Crippen LogP contribution in [0.2, 0.25) is 0 Å². The Kier molecular flexibility index (Phi) is 3.35. The van der Waals surface area contributed by atoms with Crippen LogP contribution in [0.25, 0.3) is 5.69 Å². The number of nitrogens with two attached hydrogens (primary N) is 1. The number of halogens is 3. The molecule has 3 N–H and O–H groups in total. The molecule has 0 saturated heterocycles. The Labute approximate surface area is 111 Å². The van der Waals surface area contributed by atoms with Crippen molar-refractivity contribution in [3.8, 4) is 5.69 Å². The van der Waals surface area contributed by atoms with Crippen molar-refractivity contribution >= 4 is 11.7 Å². The molecule has 106 valence electrons. The van der Waals surface area contributed by atoms with Gasteiger partial charge in [-0.05, 0) is 12.1 Å². The summed E-state index contributed by atoms with van der Waals surface area (Å²) in [5.41, 5.74) is 3.10. The summed E-state index contributed by atoms with van der Waals surface area (Å²) >= 11 is 0. The minimum atomic E-state index is -4.76. The highest BCUT2D eigenvalue weighted by Gasteiger charge is 2.40. The topological polar surface area (TPSA) is 85.8 Å². The molecule has 20 heavy (non-hydrogen) atoms. The van der Waals surface area contributed by atoms with Gasteiger partial charge in [0.25, 0.3) is 5.91 Å². The van der Waals surface area contributed by atoms with Crippen molar-refractivity contribution in [2.45, 2.75) is 6.18 Å². The van der Waals surface area contributed by atoms with Gasteiger partial charge in [-0.25, -0.2) is 9.67 Å². The summed E-state index contributed by atoms with van der Waals surface area (Å²) in [4.78, 5) is 15.0. The van der Waals surface area contributed by atoms with Crippen LogP contribution >= 0.6 is 0 Å². The maximum Gasteiger partial charge on any atom is 0.434 e. The van der Waals surface area contributed by atoms with E-state index in [0.29, 0.717) is 10.5 Å². The maximum absolute atomic E-state index is 13.0. The van der Waals surface area contributed by atoms with Crippen molar-refractivity contribution < 1.29 is 18.0 Å².